The van der Waals surface area contributed by atoms with Gasteiger partial charge in [-0.1, -0.05) is 23.7 Å². The molecule has 0 aliphatic rings. The van der Waals surface area contributed by atoms with Crippen LogP contribution in [0.25, 0.3) is 0 Å². The molecule has 1 aromatic heterocycles. The smallest absolute Gasteiger partial charge is 0.343 e. The summed E-state index contributed by atoms with van der Waals surface area (Å²) in [6.07, 6.45) is 1.33. The zero-order valence-electron chi connectivity index (χ0n) is 11.6. The molecule has 0 radical (unpaired) electrons. The summed E-state index contributed by atoms with van der Waals surface area (Å²) in [6.45, 7) is 0.286. The average Bonchev–Trinajstić information content (AvgIpc) is 2.52. The van der Waals surface area contributed by atoms with E-state index in [0.717, 1.165) is 11.3 Å². The molecule has 0 amide bonds. The Bertz CT molecular complexity index is 628. The quantitative estimate of drug-likeness (QED) is 0.627. The van der Waals surface area contributed by atoms with Crippen molar-refractivity contribution in [1.82, 2.24) is 4.98 Å². The Hall–Kier alpha value is -2.27. The van der Waals surface area contributed by atoms with Gasteiger partial charge >= 0.3 is 5.97 Å². The van der Waals surface area contributed by atoms with Crippen molar-refractivity contribution in [1.29, 1.82) is 0 Å². The van der Waals surface area contributed by atoms with Gasteiger partial charge in [0.1, 0.15) is 28.8 Å². The number of carbonyl (C=O) groups is 1. The lowest BCUT2D eigenvalue weighted by Gasteiger charge is -2.10. The van der Waals surface area contributed by atoms with Crippen LogP contribution in [0.3, 0.4) is 0 Å². The lowest BCUT2D eigenvalue weighted by Crippen LogP contribution is -2.06. The van der Waals surface area contributed by atoms with Gasteiger partial charge < -0.3 is 14.2 Å². The number of nitrogens with zero attached hydrogens (tertiary/aromatic N) is 1. The van der Waals surface area contributed by atoms with E-state index in [-0.39, 0.29) is 17.3 Å². The Morgan fingerprint density at radius 2 is 1.95 bits per heavy atom. The van der Waals surface area contributed by atoms with Crippen molar-refractivity contribution >= 4 is 17.6 Å². The fraction of sp³-hybridized carbons (Fsp3) is 0.200. The first kappa shape index (κ1) is 15.1. The molecule has 0 bridgehead atoms. The Morgan fingerprint density at radius 3 is 2.57 bits per heavy atom. The van der Waals surface area contributed by atoms with Gasteiger partial charge in [-0.05, 0) is 17.7 Å². The molecule has 6 heteroatoms. The minimum atomic E-state index is -0.524. The second-order valence-electron chi connectivity index (χ2n) is 4.13. The highest BCUT2D eigenvalue weighted by molar-refractivity contribution is 6.29. The zero-order valence-corrected chi connectivity index (χ0v) is 12.4. The van der Waals surface area contributed by atoms with Crippen molar-refractivity contribution in [2.75, 3.05) is 14.2 Å². The number of rotatable bonds is 5. The number of halogens is 1. The van der Waals surface area contributed by atoms with E-state index in [1.807, 2.05) is 24.3 Å². The fourth-order valence-corrected chi connectivity index (χ4v) is 1.83. The zero-order chi connectivity index (χ0) is 15.2. The van der Waals surface area contributed by atoms with Crippen LogP contribution in [0.4, 0.5) is 0 Å². The molecule has 21 heavy (non-hydrogen) atoms. The number of ether oxygens (including phenoxy) is 3. The molecule has 0 unspecified atom stereocenters. The fourth-order valence-electron chi connectivity index (χ4n) is 1.68. The van der Waals surface area contributed by atoms with Crippen LogP contribution in [0.2, 0.25) is 5.15 Å². The summed E-state index contributed by atoms with van der Waals surface area (Å²) in [6, 6.07) is 8.90. The summed E-state index contributed by atoms with van der Waals surface area (Å²) in [7, 11) is 2.90. The van der Waals surface area contributed by atoms with Gasteiger partial charge in [0.2, 0.25) is 0 Å². The van der Waals surface area contributed by atoms with Crippen LogP contribution in [-0.2, 0) is 11.3 Å². The number of benzene rings is 1. The van der Waals surface area contributed by atoms with E-state index in [1.165, 1.54) is 19.4 Å². The molecule has 2 aromatic rings. The molecule has 0 spiro atoms. The summed E-state index contributed by atoms with van der Waals surface area (Å²) in [4.78, 5) is 15.5. The number of esters is 1. The highest BCUT2D eigenvalue weighted by Crippen LogP contribution is 2.23. The molecule has 0 fully saturated rings. The number of methoxy groups -OCH3 is 2. The standard InChI is InChI=1S/C15H14ClNO4/c1-19-11-5-3-10(4-6-11)9-21-13-7-14(16)17-8-12(13)15(18)20-2/h3-8H,9H2,1-2H3. The predicted molar refractivity (Wildman–Crippen MR) is 77.9 cm³/mol. The molecule has 0 aliphatic heterocycles. The number of pyridine rings is 1. The molecule has 2 rings (SSSR count). The lowest BCUT2D eigenvalue weighted by atomic mass is 10.2. The van der Waals surface area contributed by atoms with Gasteiger partial charge in [0, 0.05) is 12.3 Å². The number of aromatic nitrogens is 1. The summed E-state index contributed by atoms with van der Waals surface area (Å²) >= 11 is 5.83. The highest BCUT2D eigenvalue weighted by atomic mass is 35.5. The first-order valence-electron chi connectivity index (χ1n) is 6.13. The van der Waals surface area contributed by atoms with Crippen LogP contribution in [0.5, 0.6) is 11.5 Å². The van der Waals surface area contributed by atoms with Gasteiger partial charge in [-0.15, -0.1) is 0 Å². The number of hydrogen-bond acceptors (Lipinski definition) is 5. The van der Waals surface area contributed by atoms with Gasteiger partial charge in [-0.2, -0.15) is 0 Å². The average molecular weight is 308 g/mol. The first-order chi connectivity index (χ1) is 10.1. The van der Waals surface area contributed by atoms with E-state index in [2.05, 4.69) is 9.72 Å². The Morgan fingerprint density at radius 1 is 1.24 bits per heavy atom. The van der Waals surface area contributed by atoms with Crippen molar-refractivity contribution in [2.24, 2.45) is 0 Å². The summed E-state index contributed by atoms with van der Waals surface area (Å²) < 4.78 is 15.4. The van der Waals surface area contributed by atoms with Gasteiger partial charge in [-0.25, -0.2) is 9.78 Å². The SMILES string of the molecule is COC(=O)c1cnc(Cl)cc1OCc1ccc(OC)cc1. The second kappa shape index (κ2) is 6.95. The normalized spacial score (nSPS) is 10.0. The van der Waals surface area contributed by atoms with Crippen LogP contribution in [-0.4, -0.2) is 25.2 Å². The van der Waals surface area contributed by atoms with Crippen molar-refractivity contribution in [3.8, 4) is 11.5 Å². The topological polar surface area (TPSA) is 57.7 Å². The van der Waals surface area contributed by atoms with Crippen molar-refractivity contribution < 1.29 is 19.0 Å². The molecule has 0 atom stereocenters. The van der Waals surface area contributed by atoms with Gasteiger partial charge in [0.25, 0.3) is 0 Å². The van der Waals surface area contributed by atoms with Crippen LogP contribution in [0.15, 0.2) is 36.5 Å². The number of hydrogen-bond donors (Lipinski definition) is 0. The predicted octanol–water partition coefficient (Wildman–Crippen LogP) is 3.11. The Balaban J connectivity index is 2.14. The molecule has 5 nitrogen and oxygen atoms in total. The Kier molecular flexibility index (Phi) is 5.00. The maximum Gasteiger partial charge on any atom is 0.343 e. The van der Waals surface area contributed by atoms with Crippen LogP contribution >= 0.6 is 11.6 Å². The lowest BCUT2D eigenvalue weighted by molar-refractivity contribution is 0.0595. The maximum absolute atomic E-state index is 11.6. The largest absolute Gasteiger partial charge is 0.497 e. The van der Waals surface area contributed by atoms with Gasteiger partial charge in [0.05, 0.1) is 14.2 Å². The number of carbonyl (C=O) groups excluding carboxylic acids is 1. The van der Waals surface area contributed by atoms with E-state index in [1.54, 1.807) is 7.11 Å². The molecule has 0 N–H and O–H groups in total. The molecule has 0 saturated carbocycles. The maximum atomic E-state index is 11.6. The highest BCUT2D eigenvalue weighted by Gasteiger charge is 2.14. The molecule has 110 valence electrons. The molecule has 0 aliphatic carbocycles. The molecule has 1 heterocycles. The monoisotopic (exact) mass is 307 g/mol. The van der Waals surface area contributed by atoms with E-state index >= 15 is 0 Å². The van der Waals surface area contributed by atoms with E-state index < -0.39 is 5.97 Å². The third-order valence-electron chi connectivity index (χ3n) is 2.79. The second-order valence-corrected chi connectivity index (χ2v) is 4.52. The molecule has 1 aromatic carbocycles. The summed E-state index contributed by atoms with van der Waals surface area (Å²) in [5, 5.41) is 0.243. The van der Waals surface area contributed by atoms with Crippen molar-refractivity contribution in [3.63, 3.8) is 0 Å². The summed E-state index contributed by atoms with van der Waals surface area (Å²) in [5.41, 5.74) is 1.16. The third kappa shape index (κ3) is 3.86. The first-order valence-corrected chi connectivity index (χ1v) is 6.51. The minimum absolute atomic E-state index is 0.232. The molecular weight excluding hydrogens is 294 g/mol. The van der Waals surface area contributed by atoms with Crippen molar-refractivity contribution in [3.05, 3.63) is 52.8 Å². The van der Waals surface area contributed by atoms with Gasteiger partial charge in [-0.3, -0.25) is 0 Å². The molecule has 0 saturated heterocycles. The third-order valence-corrected chi connectivity index (χ3v) is 3.00. The molecular formula is C15H14ClNO4. The van der Waals surface area contributed by atoms with Gasteiger partial charge in [0.15, 0.2) is 0 Å². The van der Waals surface area contributed by atoms with E-state index in [4.69, 9.17) is 21.1 Å². The van der Waals surface area contributed by atoms with Crippen LogP contribution in [0, 0.1) is 0 Å². The minimum Gasteiger partial charge on any atom is -0.497 e. The Labute approximate surface area is 127 Å². The summed E-state index contributed by atoms with van der Waals surface area (Å²) in [5.74, 6) is 0.572. The van der Waals surface area contributed by atoms with E-state index in [0.29, 0.717) is 5.75 Å². The van der Waals surface area contributed by atoms with Crippen LogP contribution in [0.1, 0.15) is 15.9 Å². The van der Waals surface area contributed by atoms with E-state index in [9.17, 15) is 4.79 Å². The van der Waals surface area contributed by atoms with Crippen LogP contribution < -0.4 is 9.47 Å². The van der Waals surface area contributed by atoms with Crippen molar-refractivity contribution in [2.45, 2.75) is 6.61 Å².